The normalized spacial score (nSPS) is 11.2. The molecular weight excluding hydrogens is 390 g/mol. The van der Waals surface area contributed by atoms with Gasteiger partial charge in [-0.3, -0.25) is 14.0 Å². The first-order chi connectivity index (χ1) is 14.0. The largest absolute Gasteiger partial charge is 0.466 e. The van der Waals surface area contributed by atoms with Crippen molar-refractivity contribution in [3.05, 3.63) is 57.1 Å². The summed E-state index contributed by atoms with van der Waals surface area (Å²) in [5, 5.41) is 0.643. The fraction of sp³-hybridized carbons (Fsp3) is 0.409. The molecule has 3 rings (SSSR count). The lowest BCUT2D eigenvalue weighted by atomic mass is 10.1. The number of carbonyl (C=O) groups excluding carboxylic acids is 1. The highest BCUT2D eigenvalue weighted by Gasteiger charge is 2.19. The van der Waals surface area contributed by atoms with Crippen molar-refractivity contribution in [2.45, 2.75) is 53.0 Å². The molecule has 0 aliphatic carbocycles. The van der Waals surface area contributed by atoms with E-state index in [1.54, 1.807) is 25.3 Å². The second kappa shape index (κ2) is 9.27. The molecule has 2 heterocycles. The number of esters is 1. The summed E-state index contributed by atoms with van der Waals surface area (Å²) in [5.41, 5.74) is 2.55. The zero-order chi connectivity index (χ0) is 21.0. The summed E-state index contributed by atoms with van der Waals surface area (Å²) >= 11 is 5.99. The van der Waals surface area contributed by atoms with Crippen molar-refractivity contribution in [1.29, 1.82) is 0 Å². The van der Waals surface area contributed by atoms with Crippen LogP contribution >= 0.6 is 11.6 Å². The van der Waals surface area contributed by atoms with E-state index >= 15 is 0 Å². The maximum Gasteiger partial charge on any atom is 0.310 e. The highest BCUT2D eigenvalue weighted by molar-refractivity contribution is 6.30. The van der Waals surface area contributed by atoms with Gasteiger partial charge in [0, 0.05) is 34.6 Å². The number of unbranched alkanes of at least 4 members (excludes halogenated alkanes) is 2. The van der Waals surface area contributed by atoms with Gasteiger partial charge in [0.2, 0.25) is 5.78 Å². The zero-order valence-corrected chi connectivity index (χ0v) is 17.8. The third-order valence-electron chi connectivity index (χ3n) is 5.00. The van der Waals surface area contributed by atoms with Gasteiger partial charge in [0.15, 0.2) is 0 Å². The van der Waals surface area contributed by atoms with Crippen molar-refractivity contribution < 1.29 is 9.53 Å². The van der Waals surface area contributed by atoms with Crippen LogP contribution in [-0.4, -0.2) is 26.5 Å². The summed E-state index contributed by atoms with van der Waals surface area (Å²) in [6.45, 7) is 6.80. The van der Waals surface area contributed by atoms with Gasteiger partial charge in [0.25, 0.3) is 5.56 Å². The SMILES string of the molecule is CCCCCn1c(C)c(CC(=O)OCC)c(=O)n2cc(-c3ccc(Cl)cc3)nc12. The van der Waals surface area contributed by atoms with Gasteiger partial charge in [0.05, 0.1) is 18.7 Å². The summed E-state index contributed by atoms with van der Waals surface area (Å²) in [6, 6.07) is 7.35. The van der Waals surface area contributed by atoms with Crippen molar-refractivity contribution in [2.75, 3.05) is 6.61 Å². The fourth-order valence-electron chi connectivity index (χ4n) is 3.43. The second-order valence-electron chi connectivity index (χ2n) is 7.01. The standard InChI is InChI=1S/C22H26ClN3O3/c1-4-6-7-12-25-15(3)18(13-20(27)29-5-2)21(28)26-14-19(24-22(25)26)16-8-10-17(23)11-9-16/h8-11,14H,4-7,12-13H2,1-3H3. The van der Waals surface area contributed by atoms with E-state index in [9.17, 15) is 9.59 Å². The van der Waals surface area contributed by atoms with Crippen molar-refractivity contribution >= 4 is 23.3 Å². The van der Waals surface area contributed by atoms with E-state index in [4.69, 9.17) is 21.3 Å². The summed E-state index contributed by atoms with van der Waals surface area (Å²) in [5.74, 6) is 0.186. The van der Waals surface area contributed by atoms with Gasteiger partial charge in [-0.2, -0.15) is 0 Å². The molecule has 154 valence electrons. The van der Waals surface area contributed by atoms with Crippen molar-refractivity contribution in [1.82, 2.24) is 14.0 Å². The lowest BCUT2D eigenvalue weighted by Crippen LogP contribution is -2.27. The summed E-state index contributed by atoms with van der Waals surface area (Å²) in [6.07, 6.45) is 4.82. The van der Waals surface area contributed by atoms with Crippen LogP contribution in [0.4, 0.5) is 0 Å². The lowest BCUT2D eigenvalue weighted by molar-refractivity contribution is -0.142. The van der Waals surface area contributed by atoms with E-state index in [2.05, 4.69) is 6.92 Å². The molecule has 0 unspecified atom stereocenters. The second-order valence-corrected chi connectivity index (χ2v) is 7.45. The number of carbonyl (C=O) groups is 1. The van der Waals surface area contributed by atoms with Crippen molar-refractivity contribution in [3.63, 3.8) is 0 Å². The number of ether oxygens (including phenoxy) is 1. The van der Waals surface area contributed by atoms with Crippen LogP contribution in [0.15, 0.2) is 35.3 Å². The number of aryl methyl sites for hydroxylation is 1. The van der Waals surface area contributed by atoms with Crippen LogP contribution < -0.4 is 5.56 Å². The minimum Gasteiger partial charge on any atom is -0.466 e. The number of aromatic nitrogens is 3. The molecule has 29 heavy (non-hydrogen) atoms. The number of rotatable bonds is 8. The van der Waals surface area contributed by atoms with Crippen LogP contribution in [0, 0.1) is 6.92 Å². The summed E-state index contributed by atoms with van der Waals surface area (Å²) < 4.78 is 8.64. The highest BCUT2D eigenvalue weighted by Crippen LogP contribution is 2.22. The van der Waals surface area contributed by atoms with Gasteiger partial charge < -0.3 is 9.30 Å². The Kier molecular flexibility index (Phi) is 6.75. The average Bonchev–Trinajstić information content (AvgIpc) is 3.14. The predicted octanol–water partition coefficient (Wildman–Crippen LogP) is 4.42. The quantitative estimate of drug-likeness (QED) is 0.403. The molecule has 0 saturated carbocycles. The summed E-state index contributed by atoms with van der Waals surface area (Å²) in [7, 11) is 0. The van der Waals surface area contributed by atoms with Crippen LogP contribution in [0.5, 0.6) is 0 Å². The van der Waals surface area contributed by atoms with E-state index in [-0.39, 0.29) is 18.6 Å². The molecule has 0 fully saturated rings. The maximum absolute atomic E-state index is 13.2. The highest BCUT2D eigenvalue weighted by atomic mass is 35.5. The average molecular weight is 416 g/mol. The number of nitrogens with zero attached hydrogens (tertiary/aromatic N) is 3. The first-order valence-electron chi connectivity index (χ1n) is 9.99. The molecule has 0 aliphatic heterocycles. The Morgan fingerprint density at radius 3 is 2.55 bits per heavy atom. The number of halogens is 1. The molecule has 0 amide bonds. The first-order valence-corrected chi connectivity index (χ1v) is 10.4. The van der Waals surface area contributed by atoms with Crippen LogP contribution in [0.2, 0.25) is 5.02 Å². The Bertz CT molecular complexity index is 1070. The molecule has 0 N–H and O–H groups in total. The molecule has 0 saturated heterocycles. The molecule has 2 aromatic heterocycles. The number of hydrogen-bond donors (Lipinski definition) is 0. The van der Waals surface area contributed by atoms with Gasteiger partial charge in [-0.15, -0.1) is 0 Å². The Labute approximate surface area is 175 Å². The summed E-state index contributed by atoms with van der Waals surface area (Å²) in [4.78, 5) is 30.0. The molecule has 0 bridgehead atoms. The third kappa shape index (κ3) is 4.53. The molecule has 0 radical (unpaired) electrons. The Morgan fingerprint density at radius 1 is 1.17 bits per heavy atom. The fourth-order valence-corrected chi connectivity index (χ4v) is 3.56. The van der Waals surface area contributed by atoms with Gasteiger partial charge in [-0.25, -0.2) is 4.98 Å². The molecule has 0 aliphatic rings. The van der Waals surface area contributed by atoms with Crippen LogP contribution in [0.25, 0.3) is 17.0 Å². The molecule has 7 heteroatoms. The smallest absolute Gasteiger partial charge is 0.310 e. The van der Waals surface area contributed by atoms with Gasteiger partial charge in [-0.1, -0.05) is 43.5 Å². The molecule has 6 nitrogen and oxygen atoms in total. The zero-order valence-electron chi connectivity index (χ0n) is 17.1. The number of imidazole rings is 1. The monoisotopic (exact) mass is 415 g/mol. The maximum atomic E-state index is 13.2. The van der Waals surface area contributed by atoms with E-state index in [1.807, 2.05) is 23.6 Å². The first kappa shape index (κ1) is 21.1. The Balaban J connectivity index is 2.15. The van der Waals surface area contributed by atoms with Crippen molar-refractivity contribution in [2.24, 2.45) is 0 Å². The van der Waals surface area contributed by atoms with Crippen LogP contribution in [-0.2, 0) is 22.5 Å². The van der Waals surface area contributed by atoms with Crippen LogP contribution in [0.1, 0.15) is 44.4 Å². The molecule has 0 atom stereocenters. The Hall–Kier alpha value is -2.60. The third-order valence-corrected chi connectivity index (χ3v) is 5.25. The minimum atomic E-state index is -0.398. The van der Waals surface area contributed by atoms with E-state index < -0.39 is 5.97 Å². The number of hydrogen-bond acceptors (Lipinski definition) is 4. The van der Waals surface area contributed by atoms with E-state index in [0.29, 0.717) is 22.1 Å². The van der Waals surface area contributed by atoms with Gasteiger partial charge >= 0.3 is 5.97 Å². The van der Waals surface area contributed by atoms with E-state index in [0.717, 1.165) is 37.1 Å². The molecular formula is C22H26ClN3O3. The number of fused-ring (bicyclic) bond motifs is 1. The Morgan fingerprint density at radius 2 is 1.90 bits per heavy atom. The van der Waals surface area contributed by atoms with Gasteiger partial charge in [-0.05, 0) is 32.4 Å². The molecule has 3 aromatic rings. The van der Waals surface area contributed by atoms with Crippen molar-refractivity contribution in [3.8, 4) is 11.3 Å². The van der Waals surface area contributed by atoms with E-state index in [1.165, 1.54) is 4.40 Å². The van der Waals surface area contributed by atoms with Crippen LogP contribution in [0.3, 0.4) is 0 Å². The molecule has 0 spiro atoms. The number of benzene rings is 1. The molecule has 1 aromatic carbocycles. The lowest BCUT2D eigenvalue weighted by Gasteiger charge is -2.15. The topological polar surface area (TPSA) is 65.6 Å². The predicted molar refractivity (Wildman–Crippen MR) is 114 cm³/mol. The van der Waals surface area contributed by atoms with Gasteiger partial charge in [0.1, 0.15) is 0 Å². The minimum absolute atomic E-state index is 0.0450.